The van der Waals surface area contributed by atoms with Gasteiger partial charge in [0.1, 0.15) is 0 Å². The highest BCUT2D eigenvalue weighted by Gasteiger charge is 2.14. The molecule has 0 heterocycles. The summed E-state index contributed by atoms with van der Waals surface area (Å²) in [5.41, 5.74) is -0.247. The zero-order chi connectivity index (χ0) is 15.4. The van der Waals surface area contributed by atoms with Crippen LogP contribution in [0.1, 0.15) is 59.8 Å². The predicted octanol–water partition coefficient (Wildman–Crippen LogP) is 2.00. The Balaban J connectivity index is 3.48. The van der Waals surface area contributed by atoms with Gasteiger partial charge in [-0.2, -0.15) is 0 Å². The zero-order valence-corrected chi connectivity index (χ0v) is 13.4. The summed E-state index contributed by atoms with van der Waals surface area (Å²) in [6.07, 6.45) is 3.49. The monoisotopic (exact) mass is 286 g/mol. The third-order valence-electron chi connectivity index (χ3n) is 2.52. The maximum absolute atomic E-state index is 11.5. The van der Waals surface area contributed by atoms with Crippen molar-refractivity contribution >= 4 is 11.8 Å². The first kappa shape index (κ1) is 18.9. The van der Waals surface area contributed by atoms with Crippen molar-refractivity contribution < 1.29 is 14.3 Å². The van der Waals surface area contributed by atoms with Gasteiger partial charge in [0.2, 0.25) is 11.8 Å². The molecule has 0 aliphatic carbocycles. The van der Waals surface area contributed by atoms with Gasteiger partial charge in [0.05, 0.1) is 0 Å². The van der Waals surface area contributed by atoms with Gasteiger partial charge in [-0.05, 0) is 33.6 Å². The van der Waals surface area contributed by atoms with Crippen LogP contribution in [0.5, 0.6) is 0 Å². The third-order valence-corrected chi connectivity index (χ3v) is 2.52. The number of amides is 2. The fraction of sp³-hybridized carbons (Fsp3) is 0.867. The van der Waals surface area contributed by atoms with Crippen molar-refractivity contribution in [1.29, 1.82) is 0 Å². The smallest absolute Gasteiger partial charge is 0.220 e. The molecule has 20 heavy (non-hydrogen) atoms. The summed E-state index contributed by atoms with van der Waals surface area (Å²) in [6.45, 7) is 9.95. The largest absolute Gasteiger partial charge is 0.381 e. The normalized spacial score (nSPS) is 11.2. The summed E-state index contributed by atoms with van der Waals surface area (Å²) < 4.78 is 5.39. The maximum Gasteiger partial charge on any atom is 0.220 e. The van der Waals surface area contributed by atoms with Crippen molar-refractivity contribution in [2.45, 2.75) is 65.3 Å². The van der Waals surface area contributed by atoms with Gasteiger partial charge >= 0.3 is 0 Å². The van der Waals surface area contributed by atoms with Crippen molar-refractivity contribution in [1.82, 2.24) is 10.6 Å². The van der Waals surface area contributed by atoms with Crippen molar-refractivity contribution in [3.8, 4) is 0 Å². The third kappa shape index (κ3) is 13.3. The molecule has 0 atom stereocenters. The molecule has 118 valence electrons. The molecule has 0 aromatic carbocycles. The molecule has 0 radical (unpaired) electrons. The van der Waals surface area contributed by atoms with Crippen LogP contribution >= 0.6 is 0 Å². The molecule has 2 amide bonds. The maximum atomic E-state index is 11.5. The average Bonchev–Trinajstić information content (AvgIpc) is 2.33. The SMILES string of the molecule is CCCCOCCCNC(=O)CCC(=O)NC(C)(C)C. The van der Waals surface area contributed by atoms with Gasteiger partial charge in [0.25, 0.3) is 0 Å². The Bertz CT molecular complexity index is 285. The highest BCUT2D eigenvalue weighted by molar-refractivity contribution is 5.83. The number of unbranched alkanes of at least 4 members (excludes halogenated alkanes) is 1. The second-order valence-electron chi connectivity index (χ2n) is 5.97. The molecule has 0 saturated carbocycles. The minimum Gasteiger partial charge on any atom is -0.381 e. The standard InChI is InChI=1S/C15H30N2O3/c1-5-6-11-20-12-7-10-16-13(18)8-9-14(19)17-15(2,3)4/h5-12H2,1-4H3,(H,16,18)(H,17,19). The Labute approximate surface area is 122 Å². The highest BCUT2D eigenvalue weighted by atomic mass is 16.5. The predicted molar refractivity (Wildman–Crippen MR) is 80.5 cm³/mol. The van der Waals surface area contributed by atoms with E-state index in [4.69, 9.17) is 4.74 Å². The van der Waals surface area contributed by atoms with Crippen LogP contribution in [0.3, 0.4) is 0 Å². The first-order valence-corrected chi connectivity index (χ1v) is 7.50. The van der Waals surface area contributed by atoms with Gasteiger partial charge < -0.3 is 15.4 Å². The molecule has 5 heteroatoms. The number of ether oxygens (including phenoxy) is 1. The van der Waals surface area contributed by atoms with Crippen LogP contribution < -0.4 is 10.6 Å². The quantitative estimate of drug-likeness (QED) is 0.604. The first-order valence-electron chi connectivity index (χ1n) is 7.50. The fourth-order valence-corrected chi connectivity index (χ4v) is 1.55. The van der Waals surface area contributed by atoms with Gasteiger partial charge in [0.15, 0.2) is 0 Å². The molecule has 0 unspecified atom stereocenters. The molecule has 0 aromatic heterocycles. The molecule has 0 saturated heterocycles. The summed E-state index contributed by atoms with van der Waals surface area (Å²) in [5.74, 6) is -0.168. The second-order valence-corrected chi connectivity index (χ2v) is 5.97. The molecule has 5 nitrogen and oxygen atoms in total. The average molecular weight is 286 g/mol. The summed E-state index contributed by atoms with van der Waals surface area (Å²) >= 11 is 0. The molecule has 0 bridgehead atoms. The van der Waals surface area contributed by atoms with Crippen molar-refractivity contribution in [3.63, 3.8) is 0 Å². The molecule has 0 aliphatic heterocycles. The molecular formula is C15H30N2O3. The number of hydrogen-bond acceptors (Lipinski definition) is 3. The zero-order valence-electron chi connectivity index (χ0n) is 13.4. The lowest BCUT2D eigenvalue weighted by Gasteiger charge is -2.20. The van der Waals surface area contributed by atoms with Gasteiger partial charge in [-0.25, -0.2) is 0 Å². The van der Waals surface area contributed by atoms with Gasteiger partial charge in [-0.15, -0.1) is 0 Å². The Morgan fingerprint density at radius 3 is 2.20 bits per heavy atom. The van der Waals surface area contributed by atoms with Crippen molar-refractivity contribution in [2.75, 3.05) is 19.8 Å². The Morgan fingerprint density at radius 1 is 1.00 bits per heavy atom. The van der Waals surface area contributed by atoms with E-state index in [1.54, 1.807) is 0 Å². The van der Waals surface area contributed by atoms with Crippen LogP contribution in [-0.2, 0) is 14.3 Å². The highest BCUT2D eigenvalue weighted by Crippen LogP contribution is 2.00. The van der Waals surface area contributed by atoms with E-state index in [1.165, 1.54) is 0 Å². The summed E-state index contributed by atoms with van der Waals surface area (Å²) in [5, 5.41) is 5.62. The van der Waals surface area contributed by atoms with Gasteiger partial charge in [-0.1, -0.05) is 13.3 Å². The Hall–Kier alpha value is -1.10. The molecule has 0 spiro atoms. The van der Waals surface area contributed by atoms with Crippen LogP contribution in [0.4, 0.5) is 0 Å². The van der Waals surface area contributed by atoms with E-state index in [2.05, 4.69) is 17.6 Å². The first-order chi connectivity index (χ1) is 9.35. The van der Waals surface area contributed by atoms with E-state index in [0.717, 1.165) is 25.9 Å². The van der Waals surface area contributed by atoms with E-state index in [9.17, 15) is 9.59 Å². The van der Waals surface area contributed by atoms with Crippen LogP contribution in [-0.4, -0.2) is 37.1 Å². The minimum absolute atomic E-state index is 0.0809. The molecule has 0 rings (SSSR count). The van der Waals surface area contributed by atoms with E-state index in [0.29, 0.717) is 13.2 Å². The van der Waals surface area contributed by atoms with E-state index < -0.39 is 0 Å². The number of carbonyl (C=O) groups is 2. The fourth-order valence-electron chi connectivity index (χ4n) is 1.55. The summed E-state index contributed by atoms with van der Waals surface area (Å²) in [7, 11) is 0. The number of hydrogen-bond donors (Lipinski definition) is 2. The van der Waals surface area contributed by atoms with E-state index >= 15 is 0 Å². The van der Waals surface area contributed by atoms with E-state index in [-0.39, 0.29) is 30.2 Å². The summed E-state index contributed by atoms with van der Waals surface area (Å²) in [6, 6.07) is 0. The van der Waals surface area contributed by atoms with Crippen LogP contribution in [0.15, 0.2) is 0 Å². The molecule has 2 N–H and O–H groups in total. The van der Waals surface area contributed by atoms with Crippen LogP contribution in [0, 0.1) is 0 Å². The topological polar surface area (TPSA) is 67.4 Å². The second kappa shape index (κ2) is 10.7. The lowest BCUT2D eigenvalue weighted by molar-refractivity contribution is -0.127. The van der Waals surface area contributed by atoms with Crippen LogP contribution in [0.25, 0.3) is 0 Å². The van der Waals surface area contributed by atoms with Gasteiger partial charge in [0, 0.05) is 38.1 Å². The van der Waals surface area contributed by atoms with Crippen molar-refractivity contribution in [2.24, 2.45) is 0 Å². The lowest BCUT2D eigenvalue weighted by atomic mass is 10.1. The van der Waals surface area contributed by atoms with Crippen molar-refractivity contribution in [3.05, 3.63) is 0 Å². The summed E-state index contributed by atoms with van der Waals surface area (Å²) in [4.78, 5) is 23.0. The number of carbonyl (C=O) groups excluding carboxylic acids is 2. The molecule has 0 aromatic rings. The Morgan fingerprint density at radius 2 is 1.60 bits per heavy atom. The minimum atomic E-state index is -0.247. The lowest BCUT2D eigenvalue weighted by Crippen LogP contribution is -2.41. The van der Waals surface area contributed by atoms with E-state index in [1.807, 2.05) is 20.8 Å². The number of nitrogens with one attached hydrogen (secondary N) is 2. The Kier molecular flexibility index (Phi) is 10.1. The molecule has 0 aliphatic rings. The van der Waals surface area contributed by atoms with Gasteiger partial charge in [-0.3, -0.25) is 9.59 Å². The molecule has 0 fully saturated rings. The molecular weight excluding hydrogens is 256 g/mol. The van der Waals surface area contributed by atoms with Crippen LogP contribution in [0.2, 0.25) is 0 Å². The number of rotatable bonds is 10.